The van der Waals surface area contributed by atoms with E-state index in [0.29, 0.717) is 17.2 Å². The molecule has 0 saturated carbocycles. The molecule has 3 aromatic rings. The lowest BCUT2D eigenvalue weighted by molar-refractivity contribution is 0.631. The van der Waals surface area contributed by atoms with E-state index in [2.05, 4.69) is 15.3 Å². The standard InChI is InChI=1S/C15H13FN4/c1-9-3-2-4-12(16)14(9)20-15-11-7-10(17)5-6-13(11)18-8-19-15/h2-8H,17H2,1H3,(H,18,19,20). The van der Waals surface area contributed by atoms with Crippen molar-refractivity contribution in [2.24, 2.45) is 0 Å². The highest BCUT2D eigenvalue weighted by Gasteiger charge is 2.09. The fourth-order valence-electron chi connectivity index (χ4n) is 2.08. The second-order valence-electron chi connectivity index (χ2n) is 4.56. The van der Waals surface area contributed by atoms with E-state index in [1.807, 2.05) is 19.1 Å². The van der Waals surface area contributed by atoms with E-state index in [9.17, 15) is 4.39 Å². The summed E-state index contributed by atoms with van der Waals surface area (Å²) < 4.78 is 13.9. The molecule has 0 bridgehead atoms. The Labute approximate surface area is 115 Å². The van der Waals surface area contributed by atoms with Crippen LogP contribution in [0, 0.1) is 12.7 Å². The first kappa shape index (κ1) is 12.3. The lowest BCUT2D eigenvalue weighted by Crippen LogP contribution is -2.00. The molecule has 0 atom stereocenters. The van der Waals surface area contributed by atoms with Crippen LogP contribution in [0.5, 0.6) is 0 Å². The summed E-state index contributed by atoms with van der Waals surface area (Å²) in [4.78, 5) is 8.35. The Morgan fingerprint density at radius 1 is 1.15 bits per heavy atom. The largest absolute Gasteiger partial charge is 0.399 e. The number of anilines is 3. The third-order valence-electron chi connectivity index (χ3n) is 3.12. The van der Waals surface area contributed by atoms with Gasteiger partial charge >= 0.3 is 0 Å². The lowest BCUT2D eigenvalue weighted by atomic mass is 10.1. The number of rotatable bonds is 2. The molecule has 20 heavy (non-hydrogen) atoms. The number of nitrogens with two attached hydrogens (primary N) is 1. The molecule has 2 aromatic carbocycles. The molecule has 0 fully saturated rings. The van der Waals surface area contributed by atoms with Crippen LogP contribution < -0.4 is 11.1 Å². The minimum absolute atomic E-state index is 0.319. The van der Waals surface area contributed by atoms with E-state index >= 15 is 0 Å². The van der Waals surface area contributed by atoms with Gasteiger partial charge in [-0.25, -0.2) is 14.4 Å². The van der Waals surface area contributed by atoms with Gasteiger partial charge in [0.25, 0.3) is 0 Å². The number of hydrogen-bond acceptors (Lipinski definition) is 4. The molecule has 0 aliphatic carbocycles. The van der Waals surface area contributed by atoms with E-state index in [1.165, 1.54) is 12.4 Å². The maximum atomic E-state index is 13.9. The first-order valence-electron chi connectivity index (χ1n) is 6.17. The van der Waals surface area contributed by atoms with Gasteiger partial charge < -0.3 is 11.1 Å². The van der Waals surface area contributed by atoms with Crippen LogP contribution in [0.4, 0.5) is 21.6 Å². The molecule has 100 valence electrons. The predicted molar refractivity (Wildman–Crippen MR) is 78.4 cm³/mol. The third kappa shape index (κ3) is 2.14. The first-order valence-corrected chi connectivity index (χ1v) is 6.17. The van der Waals surface area contributed by atoms with Gasteiger partial charge in [0.1, 0.15) is 18.0 Å². The van der Waals surface area contributed by atoms with Crippen molar-refractivity contribution in [1.29, 1.82) is 0 Å². The van der Waals surface area contributed by atoms with Crippen LogP contribution in [0.25, 0.3) is 10.9 Å². The number of benzene rings is 2. The van der Waals surface area contributed by atoms with Crippen LogP contribution in [0.2, 0.25) is 0 Å². The Hall–Kier alpha value is -2.69. The third-order valence-corrected chi connectivity index (χ3v) is 3.12. The summed E-state index contributed by atoms with van der Waals surface area (Å²) in [6, 6.07) is 10.3. The quantitative estimate of drug-likeness (QED) is 0.699. The van der Waals surface area contributed by atoms with Crippen molar-refractivity contribution in [3.8, 4) is 0 Å². The van der Waals surface area contributed by atoms with Crippen LogP contribution in [-0.2, 0) is 0 Å². The van der Waals surface area contributed by atoms with Gasteiger partial charge in [0.15, 0.2) is 0 Å². The molecule has 1 aromatic heterocycles. The Morgan fingerprint density at radius 3 is 2.80 bits per heavy atom. The van der Waals surface area contributed by atoms with Crippen LogP contribution in [0.3, 0.4) is 0 Å². The maximum absolute atomic E-state index is 13.9. The zero-order valence-electron chi connectivity index (χ0n) is 10.9. The average molecular weight is 268 g/mol. The van der Waals surface area contributed by atoms with Gasteiger partial charge in [-0.2, -0.15) is 0 Å². The van der Waals surface area contributed by atoms with Crippen molar-refractivity contribution in [2.45, 2.75) is 6.92 Å². The molecule has 0 spiro atoms. The van der Waals surface area contributed by atoms with Crippen LogP contribution >= 0.6 is 0 Å². The average Bonchev–Trinajstić information content (AvgIpc) is 2.43. The number of hydrogen-bond donors (Lipinski definition) is 2. The Morgan fingerprint density at radius 2 is 2.00 bits per heavy atom. The summed E-state index contributed by atoms with van der Waals surface area (Å²) in [6.45, 7) is 1.84. The lowest BCUT2D eigenvalue weighted by Gasteiger charge is -2.11. The summed E-state index contributed by atoms with van der Waals surface area (Å²) in [7, 11) is 0. The normalized spacial score (nSPS) is 10.7. The van der Waals surface area contributed by atoms with Crippen LogP contribution in [0.1, 0.15) is 5.56 Å². The fraction of sp³-hybridized carbons (Fsp3) is 0.0667. The molecule has 3 rings (SSSR count). The maximum Gasteiger partial charge on any atom is 0.146 e. The molecule has 5 heteroatoms. The monoisotopic (exact) mass is 268 g/mol. The molecule has 0 aliphatic heterocycles. The highest BCUT2D eigenvalue weighted by Crippen LogP contribution is 2.27. The predicted octanol–water partition coefficient (Wildman–Crippen LogP) is 3.40. The molecule has 0 unspecified atom stereocenters. The number of aromatic nitrogens is 2. The van der Waals surface area contributed by atoms with Crippen LogP contribution in [0.15, 0.2) is 42.7 Å². The minimum atomic E-state index is -0.319. The summed E-state index contributed by atoms with van der Waals surface area (Å²) in [6.07, 6.45) is 1.44. The highest BCUT2D eigenvalue weighted by molar-refractivity contribution is 5.92. The van der Waals surface area contributed by atoms with Crippen molar-refractivity contribution in [1.82, 2.24) is 9.97 Å². The molecular formula is C15H13FN4. The van der Waals surface area contributed by atoms with E-state index in [-0.39, 0.29) is 5.82 Å². The van der Waals surface area contributed by atoms with Crippen molar-refractivity contribution in [2.75, 3.05) is 11.1 Å². The Balaban J connectivity index is 2.13. The van der Waals surface area contributed by atoms with Gasteiger partial charge in [-0.15, -0.1) is 0 Å². The van der Waals surface area contributed by atoms with Gasteiger partial charge in [0, 0.05) is 11.1 Å². The topological polar surface area (TPSA) is 63.8 Å². The van der Waals surface area contributed by atoms with Crippen molar-refractivity contribution in [3.05, 3.63) is 54.1 Å². The molecule has 0 saturated heterocycles. The number of halogens is 1. The number of nitrogen functional groups attached to an aromatic ring is 1. The Bertz CT molecular complexity index is 766. The smallest absolute Gasteiger partial charge is 0.146 e. The van der Waals surface area contributed by atoms with Gasteiger partial charge in [0.05, 0.1) is 11.2 Å². The molecule has 0 aliphatic rings. The van der Waals surface area contributed by atoms with E-state index in [4.69, 9.17) is 5.73 Å². The van der Waals surface area contributed by atoms with E-state index in [0.717, 1.165) is 16.5 Å². The van der Waals surface area contributed by atoms with Gasteiger partial charge in [-0.05, 0) is 36.8 Å². The minimum Gasteiger partial charge on any atom is -0.399 e. The second-order valence-corrected chi connectivity index (χ2v) is 4.56. The van der Waals surface area contributed by atoms with Crippen molar-refractivity contribution in [3.63, 3.8) is 0 Å². The summed E-state index contributed by atoms with van der Waals surface area (Å²) in [5, 5.41) is 3.79. The van der Waals surface area contributed by atoms with Gasteiger partial charge in [-0.1, -0.05) is 12.1 Å². The SMILES string of the molecule is Cc1cccc(F)c1Nc1ncnc2ccc(N)cc12. The molecule has 0 radical (unpaired) electrons. The van der Waals surface area contributed by atoms with Crippen molar-refractivity contribution < 1.29 is 4.39 Å². The number of aryl methyl sites for hydroxylation is 1. The number of para-hydroxylation sites is 1. The van der Waals surface area contributed by atoms with E-state index in [1.54, 1.807) is 18.2 Å². The fourth-order valence-corrected chi connectivity index (χ4v) is 2.08. The van der Waals surface area contributed by atoms with Crippen LogP contribution in [-0.4, -0.2) is 9.97 Å². The number of fused-ring (bicyclic) bond motifs is 1. The highest BCUT2D eigenvalue weighted by atomic mass is 19.1. The number of nitrogens with one attached hydrogen (secondary N) is 1. The zero-order chi connectivity index (χ0) is 14.1. The summed E-state index contributed by atoms with van der Waals surface area (Å²) in [5.41, 5.74) is 8.37. The molecule has 3 N–H and O–H groups in total. The number of nitrogens with zero attached hydrogens (tertiary/aromatic N) is 2. The molecule has 0 amide bonds. The molecule has 1 heterocycles. The Kier molecular flexibility index (Phi) is 2.95. The van der Waals surface area contributed by atoms with E-state index < -0.39 is 0 Å². The molecular weight excluding hydrogens is 255 g/mol. The summed E-state index contributed by atoms with van der Waals surface area (Å²) >= 11 is 0. The second kappa shape index (κ2) is 4.77. The van der Waals surface area contributed by atoms with Crippen molar-refractivity contribution >= 4 is 28.1 Å². The summed E-state index contributed by atoms with van der Waals surface area (Å²) in [5.74, 6) is 0.219. The first-order chi connectivity index (χ1) is 9.65. The van der Waals surface area contributed by atoms with Gasteiger partial charge in [-0.3, -0.25) is 0 Å². The molecule has 4 nitrogen and oxygen atoms in total. The zero-order valence-corrected chi connectivity index (χ0v) is 10.9. The van der Waals surface area contributed by atoms with Gasteiger partial charge in [0.2, 0.25) is 0 Å².